The van der Waals surface area contributed by atoms with Crippen LogP contribution in [0, 0.1) is 5.82 Å². The Morgan fingerprint density at radius 2 is 2.00 bits per heavy atom. The molecule has 6 heteroatoms. The van der Waals surface area contributed by atoms with Gasteiger partial charge in [-0.15, -0.1) is 0 Å². The molecule has 1 amide bonds. The van der Waals surface area contributed by atoms with E-state index in [2.05, 4.69) is 0 Å². The normalized spacial score (nSPS) is 26.6. The van der Waals surface area contributed by atoms with Crippen LogP contribution in [0.3, 0.4) is 0 Å². The summed E-state index contributed by atoms with van der Waals surface area (Å²) in [5.41, 5.74) is -0.528. The van der Waals surface area contributed by atoms with E-state index >= 15 is 0 Å². The molecule has 0 radical (unpaired) electrons. The van der Waals surface area contributed by atoms with Gasteiger partial charge in [0.15, 0.2) is 5.60 Å². The van der Waals surface area contributed by atoms with E-state index in [-0.39, 0.29) is 18.3 Å². The summed E-state index contributed by atoms with van der Waals surface area (Å²) < 4.78 is 13.0. The van der Waals surface area contributed by atoms with E-state index in [0.29, 0.717) is 26.1 Å². The summed E-state index contributed by atoms with van der Waals surface area (Å²) in [4.78, 5) is 19.7. The summed E-state index contributed by atoms with van der Waals surface area (Å²) in [6.07, 6.45) is 2.12. The molecule has 2 saturated heterocycles. The number of halogens is 1. The van der Waals surface area contributed by atoms with Crippen LogP contribution in [0.25, 0.3) is 0 Å². The first-order valence-corrected chi connectivity index (χ1v) is 7.71. The number of aliphatic hydroxyl groups is 1. The molecule has 5 nitrogen and oxygen atoms in total. The van der Waals surface area contributed by atoms with Crippen molar-refractivity contribution in [1.82, 2.24) is 9.96 Å². The zero-order chi connectivity index (χ0) is 15.6. The van der Waals surface area contributed by atoms with Crippen LogP contribution in [0.15, 0.2) is 24.3 Å². The number of nitrogens with zero attached hydrogens (tertiary/aromatic N) is 2. The van der Waals surface area contributed by atoms with Gasteiger partial charge in [-0.1, -0.05) is 12.1 Å². The topological polar surface area (TPSA) is 53.0 Å². The number of carbonyl (C=O) groups excluding carboxylic acids is 1. The molecule has 1 aromatic rings. The molecule has 2 aliphatic rings. The highest BCUT2D eigenvalue weighted by Gasteiger charge is 2.44. The fraction of sp³-hybridized carbons (Fsp3) is 0.562. The molecular formula is C16H21FN2O3. The summed E-state index contributed by atoms with van der Waals surface area (Å²) in [5, 5.41) is 12.4. The Labute approximate surface area is 129 Å². The molecule has 0 bridgehead atoms. The number of hydroxylamine groups is 2. The van der Waals surface area contributed by atoms with E-state index in [1.54, 1.807) is 22.1 Å². The van der Waals surface area contributed by atoms with Crippen molar-refractivity contribution < 1.29 is 19.1 Å². The minimum atomic E-state index is -1.39. The van der Waals surface area contributed by atoms with E-state index in [0.717, 1.165) is 24.9 Å². The van der Waals surface area contributed by atoms with Gasteiger partial charge < -0.3 is 10.0 Å². The Hall–Kier alpha value is -1.50. The third kappa shape index (κ3) is 3.29. The summed E-state index contributed by atoms with van der Waals surface area (Å²) in [6, 6.07) is 6.10. The van der Waals surface area contributed by atoms with Gasteiger partial charge in [-0.3, -0.25) is 9.63 Å². The highest BCUT2D eigenvalue weighted by molar-refractivity contribution is 5.86. The number of likely N-dealkylation sites (tertiary alicyclic amines) is 1. The summed E-state index contributed by atoms with van der Waals surface area (Å²) in [6.45, 7) is 2.60. The minimum absolute atomic E-state index is 0.214. The second kappa shape index (κ2) is 6.32. The van der Waals surface area contributed by atoms with Crippen molar-refractivity contribution in [2.75, 3.05) is 26.2 Å². The Balaban J connectivity index is 1.67. The van der Waals surface area contributed by atoms with Crippen LogP contribution in [0.4, 0.5) is 4.39 Å². The lowest BCUT2D eigenvalue weighted by Gasteiger charge is -2.39. The van der Waals surface area contributed by atoms with Gasteiger partial charge in [-0.25, -0.2) is 4.39 Å². The van der Waals surface area contributed by atoms with E-state index in [1.807, 2.05) is 0 Å². The molecule has 1 N–H and O–H groups in total. The monoisotopic (exact) mass is 308 g/mol. The lowest BCUT2D eigenvalue weighted by Crippen LogP contribution is -2.57. The minimum Gasteiger partial charge on any atom is -0.379 e. The Morgan fingerprint density at radius 1 is 1.23 bits per heavy atom. The Bertz CT molecular complexity index is 531. The van der Waals surface area contributed by atoms with Crippen molar-refractivity contribution >= 4 is 5.91 Å². The van der Waals surface area contributed by atoms with Gasteiger partial charge >= 0.3 is 0 Å². The van der Waals surface area contributed by atoms with E-state index in [1.165, 1.54) is 12.1 Å². The molecule has 0 aliphatic carbocycles. The maximum Gasteiger partial charge on any atom is 0.256 e. The Kier molecular flexibility index (Phi) is 4.42. The van der Waals surface area contributed by atoms with Crippen molar-refractivity contribution in [3.05, 3.63) is 35.6 Å². The van der Waals surface area contributed by atoms with Crippen LogP contribution in [0.1, 0.15) is 24.8 Å². The van der Waals surface area contributed by atoms with Gasteiger partial charge in [0.1, 0.15) is 5.82 Å². The number of β-amino-alcohol motifs (C(OH)–C–C–N with tert-alkyl or cyclic N) is 1. The quantitative estimate of drug-likeness (QED) is 0.911. The molecule has 0 saturated carbocycles. The number of benzene rings is 1. The van der Waals surface area contributed by atoms with Gasteiger partial charge in [0.05, 0.1) is 13.2 Å². The van der Waals surface area contributed by atoms with Gasteiger partial charge in [0.2, 0.25) is 0 Å². The van der Waals surface area contributed by atoms with Crippen molar-refractivity contribution in [3.63, 3.8) is 0 Å². The first-order valence-electron chi connectivity index (χ1n) is 7.71. The van der Waals surface area contributed by atoms with E-state index in [9.17, 15) is 14.3 Å². The molecule has 2 fully saturated rings. The van der Waals surface area contributed by atoms with Crippen LogP contribution in [0.5, 0.6) is 0 Å². The van der Waals surface area contributed by atoms with Gasteiger partial charge in [-0.2, -0.15) is 5.06 Å². The van der Waals surface area contributed by atoms with Crippen molar-refractivity contribution in [1.29, 1.82) is 0 Å². The standard InChI is InChI=1S/C16H21FN2O3/c17-14-5-3-13(4-6-14)11-18-8-1-7-16(21,15(18)20)12-19-9-2-10-22-19/h3-6,21H,1-2,7-12H2/t16-/m0/s1. The summed E-state index contributed by atoms with van der Waals surface area (Å²) in [7, 11) is 0. The van der Waals surface area contributed by atoms with Crippen LogP contribution < -0.4 is 0 Å². The number of amides is 1. The average Bonchev–Trinajstić information content (AvgIpc) is 2.99. The first-order chi connectivity index (χ1) is 10.6. The predicted molar refractivity (Wildman–Crippen MR) is 78.1 cm³/mol. The number of hydrogen-bond donors (Lipinski definition) is 1. The van der Waals surface area contributed by atoms with Crippen LogP contribution in [0.2, 0.25) is 0 Å². The molecule has 1 atom stereocenters. The molecular weight excluding hydrogens is 287 g/mol. The fourth-order valence-corrected chi connectivity index (χ4v) is 3.09. The molecule has 0 spiro atoms. The van der Waals surface area contributed by atoms with Gasteiger partial charge in [0, 0.05) is 19.6 Å². The van der Waals surface area contributed by atoms with Crippen LogP contribution >= 0.6 is 0 Å². The second-order valence-electron chi connectivity index (χ2n) is 6.04. The largest absolute Gasteiger partial charge is 0.379 e. The first kappa shape index (κ1) is 15.4. The zero-order valence-corrected chi connectivity index (χ0v) is 12.5. The number of carbonyl (C=O) groups is 1. The van der Waals surface area contributed by atoms with Crippen LogP contribution in [-0.4, -0.2) is 52.8 Å². The third-order valence-corrected chi connectivity index (χ3v) is 4.25. The molecule has 2 heterocycles. The lowest BCUT2D eigenvalue weighted by atomic mass is 9.91. The van der Waals surface area contributed by atoms with Gasteiger partial charge in [-0.05, 0) is 37.0 Å². The molecule has 3 rings (SSSR count). The van der Waals surface area contributed by atoms with Crippen molar-refractivity contribution in [2.24, 2.45) is 0 Å². The third-order valence-electron chi connectivity index (χ3n) is 4.25. The molecule has 0 aromatic heterocycles. The fourth-order valence-electron chi connectivity index (χ4n) is 3.09. The van der Waals surface area contributed by atoms with Crippen LogP contribution in [-0.2, 0) is 16.2 Å². The molecule has 0 unspecified atom stereocenters. The van der Waals surface area contributed by atoms with Crippen molar-refractivity contribution in [3.8, 4) is 0 Å². The highest BCUT2D eigenvalue weighted by atomic mass is 19.1. The Morgan fingerprint density at radius 3 is 2.68 bits per heavy atom. The zero-order valence-electron chi connectivity index (χ0n) is 12.5. The average molecular weight is 308 g/mol. The molecule has 2 aliphatic heterocycles. The number of rotatable bonds is 4. The highest BCUT2D eigenvalue weighted by Crippen LogP contribution is 2.26. The molecule has 22 heavy (non-hydrogen) atoms. The smallest absolute Gasteiger partial charge is 0.256 e. The predicted octanol–water partition coefficient (Wildman–Crippen LogP) is 1.32. The number of piperidine rings is 1. The van der Waals surface area contributed by atoms with E-state index in [4.69, 9.17) is 4.84 Å². The van der Waals surface area contributed by atoms with E-state index < -0.39 is 5.60 Å². The number of hydrogen-bond acceptors (Lipinski definition) is 4. The molecule has 120 valence electrons. The van der Waals surface area contributed by atoms with Crippen molar-refractivity contribution in [2.45, 2.75) is 31.4 Å². The summed E-state index contributed by atoms with van der Waals surface area (Å²) >= 11 is 0. The maximum absolute atomic E-state index is 13.0. The molecule has 1 aromatic carbocycles. The SMILES string of the molecule is O=C1N(Cc2ccc(F)cc2)CCC[C@]1(O)CN1CCCO1. The second-order valence-corrected chi connectivity index (χ2v) is 6.04. The lowest BCUT2D eigenvalue weighted by molar-refractivity contribution is -0.182. The maximum atomic E-state index is 13.0. The van der Waals surface area contributed by atoms with Gasteiger partial charge in [0.25, 0.3) is 5.91 Å². The summed E-state index contributed by atoms with van der Waals surface area (Å²) in [5.74, 6) is -0.560.